The molecule has 1 aromatic heterocycles. The number of carboxylic acid groups (broad SMARTS) is 1. The molecule has 1 heterocycles. The molecule has 2 N–H and O–H groups in total. The van der Waals surface area contributed by atoms with Crippen molar-refractivity contribution in [3.05, 3.63) is 15.6 Å². The number of nitrogens with zero attached hydrogens (tertiary/aromatic N) is 1. The van der Waals surface area contributed by atoms with Gasteiger partial charge in [-0.05, 0) is 25.3 Å². The van der Waals surface area contributed by atoms with Crippen LogP contribution >= 0.6 is 11.3 Å². The summed E-state index contributed by atoms with van der Waals surface area (Å²) < 4.78 is 0. The van der Waals surface area contributed by atoms with Crippen molar-refractivity contribution in [1.82, 2.24) is 10.3 Å². The van der Waals surface area contributed by atoms with E-state index in [2.05, 4.69) is 10.3 Å². The minimum absolute atomic E-state index is 0.223. The average Bonchev–Trinajstić information content (AvgIpc) is 2.93. The van der Waals surface area contributed by atoms with Crippen molar-refractivity contribution in [2.75, 3.05) is 6.54 Å². The SMILES string of the molecule is CC(C)(C)c1nc(CNCC2CC2)sc1C(=O)O. The topological polar surface area (TPSA) is 62.2 Å². The molecule has 4 nitrogen and oxygen atoms in total. The van der Waals surface area contributed by atoms with E-state index in [0.717, 1.165) is 17.5 Å². The van der Waals surface area contributed by atoms with Gasteiger partial charge in [0.05, 0.1) is 5.69 Å². The normalized spacial score (nSPS) is 15.9. The quantitative estimate of drug-likeness (QED) is 0.861. The van der Waals surface area contributed by atoms with E-state index in [1.54, 1.807) is 0 Å². The Kier molecular flexibility index (Phi) is 3.73. The van der Waals surface area contributed by atoms with Gasteiger partial charge < -0.3 is 10.4 Å². The van der Waals surface area contributed by atoms with E-state index in [4.69, 9.17) is 0 Å². The molecule has 5 heteroatoms. The van der Waals surface area contributed by atoms with Gasteiger partial charge in [-0.25, -0.2) is 9.78 Å². The van der Waals surface area contributed by atoms with Crippen LogP contribution in [0, 0.1) is 5.92 Å². The van der Waals surface area contributed by atoms with Gasteiger partial charge >= 0.3 is 5.97 Å². The number of carbonyl (C=O) groups is 1. The first-order valence-corrected chi connectivity index (χ1v) is 7.14. The third kappa shape index (κ3) is 3.29. The summed E-state index contributed by atoms with van der Waals surface area (Å²) in [6, 6.07) is 0. The fraction of sp³-hybridized carbons (Fsp3) is 0.692. The average molecular weight is 268 g/mol. The molecular weight excluding hydrogens is 248 g/mol. The number of aromatic carboxylic acids is 1. The lowest BCUT2D eigenvalue weighted by Gasteiger charge is -2.16. The summed E-state index contributed by atoms with van der Waals surface area (Å²) in [7, 11) is 0. The standard InChI is InChI=1S/C13H20N2O2S/c1-13(2,3)11-10(12(16)17)18-9(15-11)7-14-6-8-4-5-8/h8,14H,4-7H2,1-3H3,(H,16,17). The maximum absolute atomic E-state index is 11.2. The van der Waals surface area contributed by atoms with E-state index in [-0.39, 0.29) is 5.41 Å². The lowest BCUT2D eigenvalue weighted by molar-refractivity contribution is 0.0699. The number of carboxylic acids is 1. The van der Waals surface area contributed by atoms with Crippen LogP contribution in [0.25, 0.3) is 0 Å². The van der Waals surface area contributed by atoms with E-state index in [0.29, 0.717) is 17.1 Å². The molecule has 0 radical (unpaired) electrons. The Morgan fingerprint density at radius 3 is 2.61 bits per heavy atom. The number of hydrogen-bond donors (Lipinski definition) is 2. The second-order valence-corrected chi connectivity index (χ2v) is 7.00. The first-order chi connectivity index (χ1) is 8.38. The number of rotatable bonds is 5. The molecule has 1 aliphatic rings. The van der Waals surface area contributed by atoms with Crippen LogP contribution < -0.4 is 5.32 Å². The Balaban J connectivity index is 2.08. The van der Waals surface area contributed by atoms with Gasteiger partial charge in [0.2, 0.25) is 0 Å². The van der Waals surface area contributed by atoms with Crippen LogP contribution in [-0.4, -0.2) is 22.6 Å². The molecule has 0 saturated heterocycles. The molecule has 18 heavy (non-hydrogen) atoms. The Morgan fingerprint density at radius 2 is 2.17 bits per heavy atom. The highest BCUT2D eigenvalue weighted by Gasteiger charge is 2.27. The molecule has 0 amide bonds. The highest BCUT2D eigenvalue weighted by molar-refractivity contribution is 7.13. The van der Waals surface area contributed by atoms with Crippen LogP contribution in [0.5, 0.6) is 0 Å². The summed E-state index contributed by atoms with van der Waals surface area (Å²) in [5.41, 5.74) is 0.474. The first-order valence-electron chi connectivity index (χ1n) is 6.32. The van der Waals surface area contributed by atoms with Gasteiger partial charge in [-0.15, -0.1) is 11.3 Å². The molecule has 1 aromatic rings. The zero-order valence-corrected chi connectivity index (χ0v) is 11.9. The molecule has 0 aliphatic heterocycles. The lowest BCUT2D eigenvalue weighted by Crippen LogP contribution is -2.18. The van der Waals surface area contributed by atoms with Gasteiger partial charge in [0.25, 0.3) is 0 Å². The predicted molar refractivity (Wildman–Crippen MR) is 72.2 cm³/mol. The van der Waals surface area contributed by atoms with Gasteiger partial charge in [0.15, 0.2) is 0 Å². The van der Waals surface area contributed by atoms with Crippen molar-refractivity contribution in [3.63, 3.8) is 0 Å². The smallest absolute Gasteiger partial charge is 0.347 e. The zero-order chi connectivity index (χ0) is 13.3. The summed E-state index contributed by atoms with van der Waals surface area (Å²) in [5, 5.41) is 13.4. The van der Waals surface area contributed by atoms with Crippen molar-refractivity contribution in [2.24, 2.45) is 5.92 Å². The molecule has 0 spiro atoms. The van der Waals surface area contributed by atoms with Gasteiger partial charge in [-0.1, -0.05) is 20.8 Å². The summed E-state index contributed by atoms with van der Waals surface area (Å²) in [4.78, 5) is 16.1. The third-order valence-electron chi connectivity index (χ3n) is 2.98. The molecule has 1 fully saturated rings. The highest BCUT2D eigenvalue weighted by atomic mass is 32.1. The monoisotopic (exact) mass is 268 g/mol. The van der Waals surface area contributed by atoms with Crippen LogP contribution in [0.15, 0.2) is 0 Å². The number of nitrogens with one attached hydrogen (secondary N) is 1. The van der Waals surface area contributed by atoms with E-state index in [1.807, 2.05) is 20.8 Å². The predicted octanol–water partition coefficient (Wildman–Crippen LogP) is 2.64. The highest BCUT2D eigenvalue weighted by Crippen LogP contribution is 2.30. The fourth-order valence-corrected chi connectivity index (χ4v) is 2.88. The molecule has 1 aliphatic carbocycles. The number of hydrogen-bond acceptors (Lipinski definition) is 4. The van der Waals surface area contributed by atoms with Crippen LogP contribution in [0.4, 0.5) is 0 Å². The van der Waals surface area contributed by atoms with Crippen molar-refractivity contribution < 1.29 is 9.90 Å². The minimum Gasteiger partial charge on any atom is -0.477 e. The largest absolute Gasteiger partial charge is 0.477 e. The van der Waals surface area contributed by atoms with Gasteiger partial charge in [-0.2, -0.15) is 0 Å². The van der Waals surface area contributed by atoms with E-state index in [1.165, 1.54) is 24.2 Å². The van der Waals surface area contributed by atoms with Gasteiger partial charge in [0, 0.05) is 12.0 Å². The van der Waals surface area contributed by atoms with Crippen molar-refractivity contribution in [3.8, 4) is 0 Å². The lowest BCUT2D eigenvalue weighted by atomic mass is 9.91. The Morgan fingerprint density at radius 1 is 1.50 bits per heavy atom. The Bertz CT molecular complexity index is 444. The van der Waals surface area contributed by atoms with Crippen LogP contribution in [-0.2, 0) is 12.0 Å². The second kappa shape index (κ2) is 4.97. The van der Waals surface area contributed by atoms with E-state index >= 15 is 0 Å². The maximum Gasteiger partial charge on any atom is 0.347 e. The van der Waals surface area contributed by atoms with Crippen LogP contribution in [0.3, 0.4) is 0 Å². The van der Waals surface area contributed by atoms with Crippen molar-refractivity contribution in [2.45, 2.75) is 45.6 Å². The third-order valence-corrected chi connectivity index (χ3v) is 4.03. The van der Waals surface area contributed by atoms with Crippen LogP contribution in [0.2, 0.25) is 0 Å². The summed E-state index contributed by atoms with van der Waals surface area (Å²) in [6.07, 6.45) is 2.64. The summed E-state index contributed by atoms with van der Waals surface area (Å²) >= 11 is 1.29. The van der Waals surface area contributed by atoms with Gasteiger partial charge in [-0.3, -0.25) is 0 Å². The molecule has 0 atom stereocenters. The van der Waals surface area contributed by atoms with Crippen LogP contribution in [0.1, 0.15) is 54.0 Å². The summed E-state index contributed by atoms with van der Waals surface area (Å²) in [5.74, 6) is -0.0446. The Hall–Kier alpha value is -0.940. The molecular formula is C13H20N2O2S. The molecule has 0 unspecified atom stereocenters. The first kappa shape index (κ1) is 13.5. The van der Waals surface area contributed by atoms with E-state index < -0.39 is 5.97 Å². The van der Waals surface area contributed by atoms with E-state index in [9.17, 15) is 9.90 Å². The zero-order valence-electron chi connectivity index (χ0n) is 11.1. The number of thiazole rings is 1. The van der Waals surface area contributed by atoms with Gasteiger partial charge in [0.1, 0.15) is 9.88 Å². The maximum atomic E-state index is 11.2. The van der Waals surface area contributed by atoms with Crippen molar-refractivity contribution >= 4 is 17.3 Å². The minimum atomic E-state index is -0.870. The molecule has 2 rings (SSSR count). The molecule has 0 aromatic carbocycles. The fourth-order valence-electron chi connectivity index (χ4n) is 1.80. The molecule has 100 valence electrons. The molecule has 0 bridgehead atoms. The summed E-state index contributed by atoms with van der Waals surface area (Å²) in [6.45, 7) is 7.69. The Labute approximate surface area is 111 Å². The number of aromatic nitrogens is 1. The van der Waals surface area contributed by atoms with Crippen molar-refractivity contribution in [1.29, 1.82) is 0 Å². The molecule has 1 saturated carbocycles. The second-order valence-electron chi connectivity index (χ2n) is 5.91.